The molecule has 0 aromatic heterocycles. The van der Waals surface area contributed by atoms with E-state index in [-0.39, 0.29) is 29.8 Å². The lowest BCUT2D eigenvalue weighted by atomic mass is 9.78. The van der Waals surface area contributed by atoms with Gasteiger partial charge in [0.1, 0.15) is 12.0 Å². The second-order valence-corrected chi connectivity index (χ2v) is 8.95. The van der Waals surface area contributed by atoms with Gasteiger partial charge in [0.05, 0.1) is 12.2 Å². The maximum Gasteiger partial charge on any atom is 0.123 e. The average molecular weight is 428 g/mol. The van der Waals surface area contributed by atoms with Gasteiger partial charge in [-0.3, -0.25) is 0 Å². The molecule has 1 fully saturated rings. The fourth-order valence-electron chi connectivity index (χ4n) is 5.19. The van der Waals surface area contributed by atoms with Gasteiger partial charge in [0.15, 0.2) is 0 Å². The quantitative estimate of drug-likeness (QED) is 0.537. The Kier molecular flexibility index (Phi) is 5.71. The van der Waals surface area contributed by atoms with Gasteiger partial charge in [0.2, 0.25) is 0 Å². The van der Waals surface area contributed by atoms with Crippen LogP contribution in [0.5, 0.6) is 5.75 Å². The van der Waals surface area contributed by atoms with Gasteiger partial charge in [-0.2, -0.15) is 0 Å². The first-order valence-corrected chi connectivity index (χ1v) is 11.5. The highest BCUT2D eigenvalue weighted by atomic mass is 16.5. The summed E-state index contributed by atoms with van der Waals surface area (Å²) in [7, 11) is 0. The van der Waals surface area contributed by atoms with Gasteiger partial charge < -0.3 is 19.5 Å². The Labute approximate surface area is 189 Å². The molecule has 0 bridgehead atoms. The largest absolute Gasteiger partial charge is 0.508 e. The maximum atomic E-state index is 11.1. The molecule has 3 aromatic carbocycles. The molecule has 0 spiro atoms. The number of phenols is 1. The summed E-state index contributed by atoms with van der Waals surface area (Å²) in [6.07, 6.45) is 2.75. The van der Waals surface area contributed by atoms with Crippen molar-refractivity contribution in [3.63, 3.8) is 0 Å². The smallest absolute Gasteiger partial charge is 0.123 e. The minimum absolute atomic E-state index is 0.0408. The van der Waals surface area contributed by atoms with Gasteiger partial charge in [-0.05, 0) is 66.3 Å². The highest BCUT2D eigenvalue weighted by Crippen LogP contribution is 2.49. The van der Waals surface area contributed by atoms with Crippen molar-refractivity contribution in [2.75, 3.05) is 18.0 Å². The van der Waals surface area contributed by atoms with E-state index in [2.05, 4.69) is 60.4 Å². The topological polar surface area (TPSA) is 49.8 Å². The number of anilines is 1. The molecule has 164 valence electrons. The summed E-state index contributed by atoms with van der Waals surface area (Å²) in [5.74, 6) is 0.510. The summed E-state index contributed by atoms with van der Waals surface area (Å²) in [6.45, 7) is 3.89. The number of piperidine rings is 1. The van der Waals surface area contributed by atoms with Crippen molar-refractivity contribution >= 4 is 12.0 Å². The number of fused-ring (bicyclic) bond motifs is 1. The van der Waals surface area contributed by atoms with Crippen LogP contribution >= 0.6 is 0 Å². The molecule has 3 atom stereocenters. The average Bonchev–Trinajstić information content (AvgIpc) is 2.85. The van der Waals surface area contributed by atoms with Crippen molar-refractivity contribution in [1.82, 2.24) is 0 Å². The molecule has 0 saturated carbocycles. The zero-order chi connectivity index (χ0) is 22.1. The van der Waals surface area contributed by atoms with Crippen molar-refractivity contribution in [1.29, 1.82) is 0 Å². The standard InChI is InChI=1S/C28H29NO3/c1-19-26-17-24(31)11-12-25(26)27(28(32-19)22-5-3-2-4-6-22)21-7-9-23(10-8-21)29-15-13-20(18-30)14-16-29/h2-12,17-20,27-28,31H,13-16H2,1H3/t19-,27-,28-/m1/s1. The van der Waals surface area contributed by atoms with Crippen LogP contribution in [-0.4, -0.2) is 24.5 Å². The molecule has 2 aliphatic rings. The van der Waals surface area contributed by atoms with E-state index >= 15 is 0 Å². The first kappa shape index (κ1) is 20.8. The summed E-state index contributed by atoms with van der Waals surface area (Å²) < 4.78 is 6.54. The summed E-state index contributed by atoms with van der Waals surface area (Å²) in [5.41, 5.74) is 5.80. The van der Waals surface area contributed by atoms with Crippen molar-refractivity contribution in [2.45, 2.75) is 37.9 Å². The van der Waals surface area contributed by atoms with E-state index < -0.39 is 0 Å². The lowest BCUT2D eigenvalue weighted by Gasteiger charge is -2.38. The van der Waals surface area contributed by atoms with E-state index in [0.29, 0.717) is 0 Å². The summed E-state index contributed by atoms with van der Waals surface area (Å²) >= 11 is 0. The van der Waals surface area contributed by atoms with Crippen molar-refractivity contribution in [3.05, 3.63) is 95.1 Å². The van der Waals surface area contributed by atoms with Crippen LogP contribution in [0.1, 0.15) is 60.1 Å². The van der Waals surface area contributed by atoms with Gasteiger partial charge in [-0.1, -0.05) is 48.5 Å². The van der Waals surface area contributed by atoms with Crippen LogP contribution in [0.3, 0.4) is 0 Å². The molecular weight excluding hydrogens is 398 g/mol. The van der Waals surface area contributed by atoms with E-state index in [0.717, 1.165) is 43.3 Å². The molecule has 4 heteroatoms. The number of hydrogen-bond acceptors (Lipinski definition) is 4. The van der Waals surface area contributed by atoms with Crippen LogP contribution in [-0.2, 0) is 9.53 Å². The number of nitrogens with zero attached hydrogens (tertiary/aromatic N) is 1. The molecule has 1 N–H and O–H groups in total. The van der Waals surface area contributed by atoms with E-state index in [1.165, 1.54) is 16.8 Å². The van der Waals surface area contributed by atoms with Crippen molar-refractivity contribution in [2.24, 2.45) is 5.92 Å². The Hall–Kier alpha value is -3.11. The molecule has 32 heavy (non-hydrogen) atoms. The molecular formula is C28H29NO3. The number of benzene rings is 3. The Balaban J connectivity index is 1.50. The van der Waals surface area contributed by atoms with Crippen LogP contribution < -0.4 is 4.90 Å². The third kappa shape index (κ3) is 3.91. The third-order valence-electron chi connectivity index (χ3n) is 6.97. The van der Waals surface area contributed by atoms with E-state index in [4.69, 9.17) is 4.74 Å². The minimum Gasteiger partial charge on any atom is -0.508 e. The fourth-order valence-corrected chi connectivity index (χ4v) is 5.19. The summed E-state index contributed by atoms with van der Waals surface area (Å²) in [4.78, 5) is 13.4. The van der Waals surface area contributed by atoms with Gasteiger partial charge >= 0.3 is 0 Å². The van der Waals surface area contributed by atoms with Crippen LogP contribution in [0.15, 0.2) is 72.8 Å². The molecule has 4 nitrogen and oxygen atoms in total. The summed E-state index contributed by atoms with van der Waals surface area (Å²) in [5, 5.41) is 10.1. The molecule has 0 aliphatic carbocycles. The Morgan fingerprint density at radius 2 is 1.62 bits per heavy atom. The molecule has 0 unspecified atom stereocenters. The van der Waals surface area contributed by atoms with Crippen LogP contribution in [0.25, 0.3) is 0 Å². The van der Waals surface area contributed by atoms with Crippen LogP contribution in [0, 0.1) is 5.92 Å². The second kappa shape index (κ2) is 8.79. The maximum absolute atomic E-state index is 11.1. The molecule has 0 radical (unpaired) electrons. The number of rotatable bonds is 4. The number of carbonyl (C=O) groups is 1. The third-order valence-corrected chi connectivity index (χ3v) is 6.97. The van der Waals surface area contributed by atoms with Gasteiger partial charge in [0, 0.05) is 30.6 Å². The van der Waals surface area contributed by atoms with E-state index in [1.807, 2.05) is 18.2 Å². The van der Waals surface area contributed by atoms with Crippen LogP contribution in [0.2, 0.25) is 0 Å². The SMILES string of the molecule is C[C@H]1O[C@H](c2ccccc2)[C@H](c2ccc(N3CCC(C=O)CC3)cc2)c2ccc(O)cc21. The lowest BCUT2D eigenvalue weighted by Crippen LogP contribution is -2.34. The molecule has 1 saturated heterocycles. The molecule has 2 aliphatic heterocycles. The van der Waals surface area contributed by atoms with Gasteiger partial charge in [-0.25, -0.2) is 0 Å². The molecule has 5 rings (SSSR count). The van der Waals surface area contributed by atoms with Crippen molar-refractivity contribution < 1.29 is 14.6 Å². The molecule has 3 aromatic rings. The van der Waals surface area contributed by atoms with Gasteiger partial charge in [0.25, 0.3) is 0 Å². The summed E-state index contributed by atoms with van der Waals surface area (Å²) in [6, 6.07) is 24.8. The first-order valence-electron chi connectivity index (χ1n) is 11.5. The number of hydrogen-bond donors (Lipinski definition) is 1. The van der Waals surface area contributed by atoms with E-state index in [9.17, 15) is 9.90 Å². The highest BCUT2D eigenvalue weighted by molar-refractivity contribution is 5.56. The number of phenolic OH excluding ortho intramolecular Hbond substituents is 1. The van der Waals surface area contributed by atoms with E-state index in [1.54, 1.807) is 6.07 Å². The number of ether oxygens (including phenoxy) is 1. The molecule has 0 amide bonds. The minimum atomic E-state index is -0.100. The molecule has 2 heterocycles. The first-order chi connectivity index (χ1) is 15.6. The Morgan fingerprint density at radius 3 is 2.31 bits per heavy atom. The number of aromatic hydroxyl groups is 1. The second-order valence-electron chi connectivity index (χ2n) is 8.95. The van der Waals surface area contributed by atoms with Crippen molar-refractivity contribution in [3.8, 4) is 5.75 Å². The highest BCUT2D eigenvalue weighted by Gasteiger charge is 2.36. The predicted octanol–water partition coefficient (Wildman–Crippen LogP) is 5.77. The number of carbonyl (C=O) groups excluding carboxylic acids is 1. The normalized spacial score (nSPS) is 23.5. The Bertz CT molecular complexity index is 1070. The van der Waals surface area contributed by atoms with Crippen LogP contribution in [0.4, 0.5) is 5.69 Å². The fraction of sp³-hybridized carbons (Fsp3) is 0.321. The number of aldehydes is 1. The monoisotopic (exact) mass is 427 g/mol. The van der Waals surface area contributed by atoms with Gasteiger partial charge in [-0.15, -0.1) is 0 Å². The zero-order valence-electron chi connectivity index (χ0n) is 18.4. The zero-order valence-corrected chi connectivity index (χ0v) is 18.4. The Morgan fingerprint density at radius 1 is 0.906 bits per heavy atom. The lowest BCUT2D eigenvalue weighted by molar-refractivity contribution is -0.111. The predicted molar refractivity (Wildman–Crippen MR) is 126 cm³/mol.